The lowest BCUT2D eigenvalue weighted by Crippen LogP contribution is -1.99. The third kappa shape index (κ3) is 4.30. The van der Waals surface area contributed by atoms with Gasteiger partial charge in [-0.15, -0.1) is 0 Å². The van der Waals surface area contributed by atoms with Crippen LogP contribution in [0.3, 0.4) is 0 Å². The molecule has 25 heavy (non-hydrogen) atoms. The van der Waals surface area contributed by atoms with Crippen molar-refractivity contribution in [1.29, 1.82) is 0 Å². The maximum atomic E-state index is 5.62. The highest BCUT2D eigenvalue weighted by atomic mass is 16.5. The molecule has 0 bridgehead atoms. The van der Waals surface area contributed by atoms with Crippen LogP contribution in [0.15, 0.2) is 55.0 Å². The van der Waals surface area contributed by atoms with Crippen LogP contribution in [0.25, 0.3) is 11.3 Å². The smallest absolute Gasteiger partial charge is 0.132 e. The van der Waals surface area contributed by atoms with E-state index >= 15 is 0 Å². The van der Waals surface area contributed by atoms with Gasteiger partial charge in [-0.2, -0.15) is 0 Å². The summed E-state index contributed by atoms with van der Waals surface area (Å²) in [7, 11) is 3.24. The number of aromatic nitrogens is 3. The molecule has 6 heteroatoms. The summed E-state index contributed by atoms with van der Waals surface area (Å²) in [6, 6.07) is 11.3. The highest BCUT2D eigenvalue weighted by Crippen LogP contribution is 2.31. The van der Waals surface area contributed by atoms with Crippen molar-refractivity contribution in [2.24, 2.45) is 0 Å². The highest BCUT2D eigenvalue weighted by molar-refractivity contribution is 5.67. The lowest BCUT2D eigenvalue weighted by Gasteiger charge is -2.10. The normalized spacial score (nSPS) is 10.5. The van der Waals surface area contributed by atoms with Crippen molar-refractivity contribution in [3.8, 4) is 22.8 Å². The summed E-state index contributed by atoms with van der Waals surface area (Å²) in [5.41, 5.74) is 3.23. The van der Waals surface area contributed by atoms with E-state index in [1.54, 1.807) is 32.8 Å². The van der Waals surface area contributed by atoms with E-state index in [2.05, 4.69) is 15.0 Å². The van der Waals surface area contributed by atoms with Gasteiger partial charge in [0.05, 0.1) is 56.9 Å². The van der Waals surface area contributed by atoms with Gasteiger partial charge in [0.2, 0.25) is 0 Å². The van der Waals surface area contributed by atoms with Crippen molar-refractivity contribution < 1.29 is 14.2 Å². The molecule has 0 radical (unpaired) electrons. The van der Waals surface area contributed by atoms with Crippen molar-refractivity contribution in [2.45, 2.75) is 13.2 Å². The third-order valence-corrected chi connectivity index (χ3v) is 3.62. The Morgan fingerprint density at radius 2 is 1.72 bits per heavy atom. The lowest BCUT2D eigenvalue weighted by atomic mass is 10.1. The van der Waals surface area contributed by atoms with Gasteiger partial charge in [-0.3, -0.25) is 15.0 Å². The molecule has 0 atom stereocenters. The molecule has 0 aliphatic heterocycles. The molecule has 2 heterocycles. The first-order chi connectivity index (χ1) is 12.3. The second-order valence-corrected chi connectivity index (χ2v) is 5.27. The SMILES string of the molecule is COc1ccc(-c2cnc(COCc3ccccn3)cn2)c(OC)c1. The van der Waals surface area contributed by atoms with Crippen LogP contribution in [0, 0.1) is 0 Å². The summed E-state index contributed by atoms with van der Waals surface area (Å²) in [5, 5.41) is 0. The molecule has 128 valence electrons. The molecule has 2 aromatic heterocycles. The number of benzene rings is 1. The Hall–Kier alpha value is -2.99. The topological polar surface area (TPSA) is 66.4 Å². The Labute approximate surface area is 146 Å². The van der Waals surface area contributed by atoms with Gasteiger partial charge in [0.1, 0.15) is 11.5 Å². The quantitative estimate of drug-likeness (QED) is 0.659. The molecule has 0 saturated carbocycles. The number of pyridine rings is 1. The summed E-state index contributed by atoms with van der Waals surface area (Å²) in [6.07, 6.45) is 5.16. The number of methoxy groups -OCH3 is 2. The highest BCUT2D eigenvalue weighted by Gasteiger charge is 2.09. The standard InChI is InChI=1S/C19H19N3O3/c1-23-16-6-7-17(19(9-16)24-2)18-11-21-15(10-22-18)13-25-12-14-5-3-4-8-20-14/h3-11H,12-13H2,1-2H3. The molecule has 1 aromatic carbocycles. The van der Waals surface area contributed by atoms with Gasteiger partial charge in [-0.25, -0.2) is 0 Å². The lowest BCUT2D eigenvalue weighted by molar-refractivity contribution is 0.102. The van der Waals surface area contributed by atoms with Gasteiger partial charge in [0.15, 0.2) is 0 Å². The summed E-state index contributed by atoms with van der Waals surface area (Å²) in [5.74, 6) is 1.42. The predicted molar refractivity (Wildman–Crippen MR) is 93.3 cm³/mol. The average Bonchev–Trinajstić information content (AvgIpc) is 2.69. The summed E-state index contributed by atoms with van der Waals surface area (Å²) < 4.78 is 16.2. The molecule has 0 aliphatic carbocycles. The fraction of sp³-hybridized carbons (Fsp3) is 0.211. The number of ether oxygens (including phenoxy) is 3. The zero-order chi connectivity index (χ0) is 17.5. The van der Waals surface area contributed by atoms with Gasteiger partial charge >= 0.3 is 0 Å². The largest absolute Gasteiger partial charge is 0.497 e. The summed E-state index contributed by atoms with van der Waals surface area (Å²) in [4.78, 5) is 13.1. The maximum absolute atomic E-state index is 5.62. The molecule has 0 unspecified atom stereocenters. The molecule has 3 rings (SSSR count). The minimum atomic E-state index is 0.379. The average molecular weight is 337 g/mol. The molecular weight excluding hydrogens is 318 g/mol. The van der Waals surface area contributed by atoms with Crippen molar-refractivity contribution in [2.75, 3.05) is 14.2 Å². The van der Waals surface area contributed by atoms with Crippen molar-refractivity contribution in [3.63, 3.8) is 0 Å². The molecular formula is C19H19N3O3. The predicted octanol–water partition coefficient (Wildman–Crippen LogP) is 3.27. The zero-order valence-corrected chi connectivity index (χ0v) is 14.2. The van der Waals surface area contributed by atoms with E-state index in [0.29, 0.717) is 19.0 Å². The summed E-state index contributed by atoms with van der Waals surface area (Å²) in [6.45, 7) is 0.820. The Kier molecular flexibility index (Phi) is 5.53. The van der Waals surface area contributed by atoms with Gasteiger partial charge in [0.25, 0.3) is 0 Å². The number of rotatable bonds is 7. The van der Waals surface area contributed by atoms with E-state index in [9.17, 15) is 0 Å². The zero-order valence-electron chi connectivity index (χ0n) is 14.2. The van der Waals surface area contributed by atoms with E-state index < -0.39 is 0 Å². The van der Waals surface area contributed by atoms with Crippen LogP contribution in [-0.4, -0.2) is 29.2 Å². The fourth-order valence-electron chi connectivity index (χ4n) is 2.32. The summed E-state index contributed by atoms with van der Waals surface area (Å²) >= 11 is 0. The minimum Gasteiger partial charge on any atom is -0.497 e. The van der Waals surface area contributed by atoms with Gasteiger partial charge < -0.3 is 14.2 Å². The van der Waals surface area contributed by atoms with Gasteiger partial charge in [-0.1, -0.05) is 6.07 Å². The van der Waals surface area contributed by atoms with Gasteiger partial charge in [-0.05, 0) is 24.3 Å². The maximum Gasteiger partial charge on any atom is 0.132 e. The van der Waals surface area contributed by atoms with Gasteiger partial charge in [0, 0.05) is 17.8 Å². The monoisotopic (exact) mass is 337 g/mol. The third-order valence-electron chi connectivity index (χ3n) is 3.62. The van der Waals surface area contributed by atoms with E-state index in [-0.39, 0.29) is 0 Å². The number of hydrogen-bond donors (Lipinski definition) is 0. The van der Waals surface area contributed by atoms with E-state index in [1.165, 1.54) is 0 Å². The second kappa shape index (κ2) is 8.21. The molecule has 0 N–H and O–H groups in total. The van der Waals surface area contributed by atoms with Crippen molar-refractivity contribution in [3.05, 3.63) is 66.4 Å². The van der Waals surface area contributed by atoms with Crippen molar-refractivity contribution >= 4 is 0 Å². The van der Waals surface area contributed by atoms with Crippen LogP contribution >= 0.6 is 0 Å². The Balaban J connectivity index is 1.66. The minimum absolute atomic E-state index is 0.379. The Bertz CT molecular complexity index is 808. The van der Waals surface area contributed by atoms with Crippen LogP contribution in [-0.2, 0) is 18.0 Å². The first kappa shape index (κ1) is 16.9. The van der Waals surface area contributed by atoms with Crippen LogP contribution in [0.2, 0.25) is 0 Å². The molecule has 0 fully saturated rings. The fourth-order valence-corrected chi connectivity index (χ4v) is 2.32. The molecule has 0 saturated heterocycles. The first-order valence-electron chi connectivity index (χ1n) is 7.81. The Morgan fingerprint density at radius 3 is 2.40 bits per heavy atom. The van der Waals surface area contributed by atoms with Crippen molar-refractivity contribution in [1.82, 2.24) is 15.0 Å². The first-order valence-corrected chi connectivity index (χ1v) is 7.81. The van der Waals surface area contributed by atoms with Crippen LogP contribution in [0.5, 0.6) is 11.5 Å². The number of nitrogens with zero attached hydrogens (tertiary/aromatic N) is 3. The number of hydrogen-bond acceptors (Lipinski definition) is 6. The van der Waals surface area contributed by atoms with E-state index in [4.69, 9.17) is 14.2 Å². The molecule has 0 amide bonds. The van der Waals surface area contributed by atoms with Crippen LogP contribution < -0.4 is 9.47 Å². The van der Waals surface area contributed by atoms with E-state index in [1.807, 2.05) is 36.4 Å². The van der Waals surface area contributed by atoms with Crippen LogP contribution in [0.1, 0.15) is 11.4 Å². The molecule has 6 nitrogen and oxygen atoms in total. The molecule has 0 spiro atoms. The second-order valence-electron chi connectivity index (χ2n) is 5.27. The van der Waals surface area contributed by atoms with Crippen LogP contribution in [0.4, 0.5) is 0 Å². The Morgan fingerprint density at radius 1 is 0.840 bits per heavy atom. The molecule has 3 aromatic rings. The molecule has 0 aliphatic rings. The van der Waals surface area contributed by atoms with E-state index in [0.717, 1.165) is 28.4 Å².